The summed E-state index contributed by atoms with van der Waals surface area (Å²) in [6, 6.07) is 1.01. The van der Waals surface area contributed by atoms with E-state index < -0.39 is 9.84 Å². The van der Waals surface area contributed by atoms with Crippen LogP contribution in [0.2, 0.25) is 0 Å². The van der Waals surface area contributed by atoms with Crippen LogP contribution in [0.5, 0.6) is 0 Å². The van der Waals surface area contributed by atoms with E-state index in [1.165, 1.54) is 31.9 Å². The summed E-state index contributed by atoms with van der Waals surface area (Å²) in [6.07, 6.45) is 10.6. The molecule has 2 aliphatic carbocycles. The van der Waals surface area contributed by atoms with Gasteiger partial charge in [-0.25, -0.2) is 8.42 Å². The van der Waals surface area contributed by atoms with E-state index in [1.807, 2.05) is 0 Å². The molecule has 4 unspecified atom stereocenters. The first-order valence-electron chi connectivity index (χ1n) is 8.33. The van der Waals surface area contributed by atoms with Gasteiger partial charge in [0.1, 0.15) is 9.84 Å². The second-order valence-electron chi connectivity index (χ2n) is 7.28. The molecule has 4 heteroatoms. The fourth-order valence-corrected chi connectivity index (χ4v) is 5.33. The van der Waals surface area contributed by atoms with E-state index >= 15 is 0 Å². The minimum Gasteiger partial charge on any atom is -0.311 e. The Hall–Kier alpha value is -0.0900. The number of rotatable bonds is 4. The van der Waals surface area contributed by atoms with Crippen molar-refractivity contribution in [1.82, 2.24) is 5.32 Å². The molecule has 3 nitrogen and oxygen atoms in total. The molecule has 20 heavy (non-hydrogen) atoms. The summed E-state index contributed by atoms with van der Waals surface area (Å²) in [5.41, 5.74) is 0. The van der Waals surface area contributed by atoms with Crippen LogP contribution < -0.4 is 5.32 Å². The van der Waals surface area contributed by atoms with Gasteiger partial charge in [-0.15, -0.1) is 0 Å². The molecular weight excluding hydrogens is 270 g/mol. The fraction of sp³-hybridized carbons (Fsp3) is 1.00. The standard InChI is InChI=1S/C16H31NO2S/c1-12(2)15-9-4-5-10-16(15)17-13-7-6-8-14(11-13)20(3,18)19/h12-17H,4-11H2,1-3H3. The third-order valence-corrected chi connectivity index (χ3v) is 7.00. The third-order valence-electron chi connectivity index (χ3n) is 5.36. The Balaban J connectivity index is 1.94. The van der Waals surface area contributed by atoms with E-state index in [0.29, 0.717) is 12.1 Å². The van der Waals surface area contributed by atoms with Gasteiger partial charge in [0.05, 0.1) is 5.25 Å². The molecule has 2 saturated carbocycles. The quantitative estimate of drug-likeness (QED) is 0.867. The maximum absolute atomic E-state index is 11.8. The molecule has 2 rings (SSSR count). The molecule has 0 saturated heterocycles. The number of nitrogens with one attached hydrogen (secondary N) is 1. The SMILES string of the molecule is CC(C)C1CCCCC1NC1CCCC(S(C)(=O)=O)C1. The lowest BCUT2D eigenvalue weighted by Crippen LogP contribution is -2.48. The second-order valence-corrected chi connectivity index (χ2v) is 9.61. The van der Waals surface area contributed by atoms with Gasteiger partial charge in [-0.3, -0.25) is 0 Å². The fourth-order valence-electron chi connectivity index (χ4n) is 4.15. The van der Waals surface area contributed by atoms with Crippen LogP contribution in [0.1, 0.15) is 65.2 Å². The van der Waals surface area contributed by atoms with E-state index in [4.69, 9.17) is 0 Å². The molecule has 0 aromatic rings. The van der Waals surface area contributed by atoms with Crippen LogP contribution in [-0.2, 0) is 9.84 Å². The molecule has 0 radical (unpaired) electrons. The first-order valence-corrected chi connectivity index (χ1v) is 10.3. The van der Waals surface area contributed by atoms with Crippen LogP contribution in [0.15, 0.2) is 0 Å². The van der Waals surface area contributed by atoms with Gasteiger partial charge in [0, 0.05) is 18.3 Å². The number of hydrogen-bond acceptors (Lipinski definition) is 3. The van der Waals surface area contributed by atoms with Crippen LogP contribution >= 0.6 is 0 Å². The maximum Gasteiger partial charge on any atom is 0.150 e. The molecule has 2 fully saturated rings. The predicted octanol–water partition coefficient (Wildman–Crippen LogP) is 3.15. The summed E-state index contributed by atoms with van der Waals surface area (Å²) in [5, 5.41) is 3.71. The molecule has 118 valence electrons. The van der Waals surface area contributed by atoms with Gasteiger partial charge in [-0.05, 0) is 43.9 Å². The Morgan fingerprint density at radius 3 is 2.35 bits per heavy atom. The van der Waals surface area contributed by atoms with Gasteiger partial charge >= 0.3 is 0 Å². The Bertz CT molecular complexity index is 405. The molecule has 0 aliphatic heterocycles. The summed E-state index contributed by atoms with van der Waals surface area (Å²) in [6.45, 7) is 4.65. The van der Waals surface area contributed by atoms with Gasteiger partial charge in [-0.1, -0.05) is 33.1 Å². The Morgan fingerprint density at radius 2 is 1.70 bits per heavy atom. The van der Waals surface area contributed by atoms with Crippen LogP contribution in [0.25, 0.3) is 0 Å². The van der Waals surface area contributed by atoms with E-state index in [1.54, 1.807) is 0 Å². The summed E-state index contributed by atoms with van der Waals surface area (Å²) in [5.74, 6) is 1.49. The largest absolute Gasteiger partial charge is 0.311 e. The molecule has 0 heterocycles. The Labute approximate surface area is 124 Å². The molecular formula is C16H31NO2S. The van der Waals surface area contributed by atoms with Crippen molar-refractivity contribution in [2.24, 2.45) is 11.8 Å². The van der Waals surface area contributed by atoms with Crippen molar-refractivity contribution in [2.45, 2.75) is 82.5 Å². The lowest BCUT2D eigenvalue weighted by molar-refractivity contribution is 0.181. The summed E-state index contributed by atoms with van der Waals surface area (Å²) in [7, 11) is -2.87. The molecule has 0 amide bonds. The molecule has 0 spiro atoms. The van der Waals surface area contributed by atoms with Crippen molar-refractivity contribution in [3.63, 3.8) is 0 Å². The third kappa shape index (κ3) is 4.20. The molecule has 0 aromatic heterocycles. The average molecular weight is 301 g/mol. The lowest BCUT2D eigenvalue weighted by atomic mass is 9.77. The topological polar surface area (TPSA) is 46.2 Å². The molecule has 1 N–H and O–H groups in total. The molecule has 2 aliphatic rings. The first-order chi connectivity index (χ1) is 9.38. The van der Waals surface area contributed by atoms with Crippen molar-refractivity contribution in [3.05, 3.63) is 0 Å². The second kappa shape index (κ2) is 6.78. The number of hydrogen-bond donors (Lipinski definition) is 1. The Morgan fingerprint density at radius 1 is 1.00 bits per heavy atom. The number of sulfone groups is 1. The van der Waals surface area contributed by atoms with Gasteiger partial charge in [0.2, 0.25) is 0 Å². The van der Waals surface area contributed by atoms with E-state index in [-0.39, 0.29) is 5.25 Å². The zero-order chi connectivity index (χ0) is 14.8. The predicted molar refractivity (Wildman–Crippen MR) is 84.6 cm³/mol. The highest BCUT2D eigenvalue weighted by molar-refractivity contribution is 7.91. The van der Waals surface area contributed by atoms with Gasteiger partial charge in [0.15, 0.2) is 0 Å². The van der Waals surface area contributed by atoms with Crippen molar-refractivity contribution in [2.75, 3.05) is 6.26 Å². The van der Waals surface area contributed by atoms with Crippen molar-refractivity contribution < 1.29 is 8.42 Å². The van der Waals surface area contributed by atoms with Crippen LogP contribution in [-0.4, -0.2) is 32.0 Å². The van der Waals surface area contributed by atoms with Gasteiger partial charge in [-0.2, -0.15) is 0 Å². The zero-order valence-corrected chi connectivity index (χ0v) is 14.1. The minimum absolute atomic E-state index is 0.116. The normalized spacial score (nSPS) is 36.2. The maximum atomic E-state index is 11.8. The first kappa shape index (κ1) is 16.3. The van der Waals surface area contributed by atoms with E-state index in [0.717, 1.165) is 37.5 Å². The Kier molecular flexibility index (Phi) is 5.52. The van der Waals surface area contributed by atoms with Crippen molar-refractivity contribution in [1.29, 1.82) is 0 Å². The van der Waals surface area contributed by atoms with Gasteiger partial charge < -0.3 is 5.32 Å². The van der Waals surface area contributed by atoms with E-state index in [2.05, 4.69) is 19.2 Å². The molecule has 0 bridgehead atoms. The summed E-state index contributed by atoms with van der Waals surface area (Å²) >= 11 is 0. The smallest absolute Gasteiger partial charge is 0.150 e. The van der Waals surface area contributed by atoms with Crippen molar-refractivity contribution in [3.8, 4) is 0 Å². The van der Waals surface area contributed by atoms with Crippen LogP contribution in [0, 0.1) is 11.8 Å². The minimum atomic E-state index is -2.87. The highest BCUT2D eigenvalue weighted by Gasteiger charge is 2.33. The molecule has 0 aromatic carbocycles. The monoisotopic (exact) mass is 301 g/mol. The lowest BCUT2D eigenvalue weighted by Gasteiger charge is -2.39. The molecule has 4 atom stereocenters. The van der Waals surface area contributed by atoms with Crippen LogP contribution in [0.4, 0.5) is 0 Å². The summed E-state index contributed by atoms with van der Waals surface area (Å²) in [4.78, 5) is 0. The van der Waals surface area contributed by atoms with E-state index in [9.17, 15) is 8.42 Å². The van der Waals surface area contributed by atoms with Crippen LogP contribution in [0.3, 0.4) is 0 Å². The summed E-state index contributed by atoms with van der Waals surface area (Å²) < 4.78 is 23.5. The average Bonchev–Trinajstić information content (AvgIpc) is 2.38. The van der Waals surface area contributed by atoms with Gasteiger partial charge in [0.25, 0.3) is 0 Å². The zero-order valence-electron chi connectivity index (χ0n) is 13.3. The van der Waals surface area contributed by atoms with Crippen molar-refractivity contribution >= 4 is 9.84 Å². The highest BCUT2D eigenvalue weighted by Crippen LogP contribution is 2.32. The highest BCUT2D eigenvalue weighted by atomic mass is 32.2.